The number of nitrogens with one attached hydrogen (secondary N) is 1. The minimum atomic E-state index is -3.75. The van der Waals surface area contributed by atoms with Crippen molar-refractivity contribution in [3.8, 4) is 11.5 Å². The number of nitrogens with zero attached hydrogens (tertiary/aromatic N) is 1. The number of aromatic hydroxyl groups is 1. The third kappa shape index (κ3) is 4.54. The molecule has 140 valence electrons. The van der Waals surface area contributed by atoms with Gasteiger partial charge in [0.2, 0.25) is 0 Å². The molecule has 0 aliphatic rings. The fraction of sp³-hybridized carbons (Fsp3) is 0.316. The van der Waals surface area contributed by atoms with Gasteiger partial charge in [-0.25, -0.2) is 0 Å². The number of rotatable bonds is 7. The minimum absolute atomic E-state index is 0.00558. The molecule has 2 rings (SSSR count). The van der Waals surface area contributed by atoms with Gasteiger partial charge in [-0.1, -0.05) is 26.0 Å². The summed E-state index contributed by atoms with van der Waals surface area (Å²) in [5.74, 6) is 0.677. The van der Waals surface area contributed by atoms with E-state index in [-0.39, 0.29) is 10.6 Å². The lowest BCUT2D eigenvalue weighted by Gasteiger charge is -2.10. The summed E-state index contributed by atoms with van der Waals surface area (Å²) < 4.78 is 29.9. The van der Waals surface area contributed by atoms with Gasteiger partial charge in [-0.15, -0.1) is 0 Å². The molecule has 2 N–H and O–H groups in total. The van der Waals surface area contributed by atoms with Crippen molar-refractivity contribution < 1.29 is 18.3 Å². The van der Waals surface area contributed by atoms with Crippen molar-refractivity contribution in [2.45, 2.75) is 38.0 Å². The first-order valence-corrected chi connectivity index (χ1v) is 9.80. The van der Waals surface area contributed by atoms with E-state index in [2.05, 4.69) is 23.8 Å². The Balaban J connectivity index is 2.19. The van der Waals surface area contributed by atoms with E-state index in [4.69, 9.17) is 4.74 Å². The highest BCUT2D eigenvalue weighted by molar-refractivity contribution is 7.89. The summed E-state index contributed by atoms with van der Waals surface area (Å²) in [5, 5.41) is 13.6. The molecule has 0 aromatic heterocycles. The fourth-order valence-corrected chi connectivity index (χ4v) is 3.22. The molecule has 0 saturated carbocycles. The molecule has 26 heavy (non-hydrogen) atoms. The van der Waals surface area contributed by atoms with Gasteiger partial charge in [-0.2, -0.15) is 18.4 Å². The van der Waals surface area contributed by atoms with Crippen LogP contribution in [-0.4, -0.2) is 26.3 Å². The Hall–Kier alpha value is -2.54. The van der Waals surface area contributed by atoms with Gasteiger partial charge in [0.1, 0.15) is 0 Å². The summed E-state index contributed by atoms with van der Waals surface area (Å²) in [5.41, 5.74) is 2.18. The lowest BCUT2D eigenvalue weighted by molar-refractivity contribution is 0.373. The van der Waals surface area contributed by atoms with E-state index < -0.39 is 10.0 Å². The average Bonchev–Trinajstić information content (AvgIpc) is 2.66. The normalized spacial score (nSPS) is 13.3. The van der Waals surface area contributed by atoms with Gasteiger partial charge in [0, 0.05) is 5.56 Å². The molecule has 1 unspecified atom stereocenters. The Morgan fingerprint density at radius 2 is 1.88 bits per heavy atom. The maximum absolute atomic E-state index is 12.4. The molecule has 2 aromatic carbocycles. The third-order valence-electron chi connectivity index (χ3n) is 4.30. The molecule has 0 bridgehead atoms. The van der Waals surface area contributed by atoms with Gasteiger partial charge in [-0.05, 0) is 55.2 Å². The fourth-order valence-electron chi connectivity index (χ4n) is 2.36. The number of methoxy groups -OCH3 is 1. The number of phenols is 1. The van der Waals surface area contributed by atoms with Crippen LogP contribution >= 0.6 is 0 Å². The van der Waals surface area contributed by atoms with Crippen molar-refractivity contribution in [1.29, 1.82) is 0 Å². The maximum Gasteiger partial charge on any atom is 0.276 e. The van der Waals surface area contributed by atoms with Crippen LogP contribution in [0.4, 0.5) is 0 Å². The van der Waals surface area contributed by atoms with Gasteiger partial charge in [0.25, 0.3) is 10.0 Å². The Morgan fingerprint density at radius 3 is 2.46 bits per heavy atom. The summed E-state index contributed by atoms with van der Waals surface area (Å²) in [6.07, 6.45) is 0.990. The molecule has 0 aliphatic heterocycles. The predicted molar refractivity (Wildman–Crippen MR) is 102 cm³/mol. The lowest BCUT2D eigenvalue weighted by Crippen LogP contribution is -2.20. The van der Waals surface area contributed by atoms with Crippen molar-refractivity contribution in [2.24, 2.45) is 5.10 Å². The lowest BCUT2D eigenvalue weighted by atomic mass is 9.99. The van der Waals surface area contributed by atoms with Crippen LogP contribution in [0.25, 0.3) is 0 Å². The number of hydrazone groups is 1. The molecule has 0 spiro atoms. The predicted octanol–water partition coefficient (Wildman–Crippen LogP) is 3.62. The molecular weight excluding hydrogens is 352 g/mol. The van der Waals surface area contributed by atoms with Crippen LogP contribution in [0.3, 0.4) is 0 Å². The SMILES string of the molecule is CCC(C)c1ccc(S(=O)(=O)N/N=C(\C)c2ccc(O)c(OC)c2)cc1. The monoisotopic (exact) mass is 376 g/mol. The highest BCUT2D eigenvalue weighted by Crippen LogP contribution is 2.26. The molecule has 0 amide bonds. The van der Waals surface area contributed by atoms with Crippen molar-refractivity contribution in [3.05, 3.63) is 53.6 Å². The van der Waals surface area contributed by atoms with E-state index in [1.807, 2.05) is 12.1 Å². The van der Waals surface area contributed by atoms with Crippen LogP contribution in [0.1, 0.15) is 44.2 Å². The Morgan fingerprint density at radius 1 is 1.23 bits per heavy atom. The molecule has 0 aliphatic carbocycles. The molecule has 1 atom stereocenters. The van der Waals surface area contributed by atoms with Crippen LogP contribution in [0, 0.1) is 0 Å². The van der Waals surface area contributed by atoms with Crippen molar-refractivity contribution in [1.82, 2.24) is 4.83 Å². The zero-order chi connectivity index (χ0) is 19.3. The second-order valence-electron chi connectivity index (χ2n) is 6.06. The van der Waals surface area contributed by atoms with Crippen LogP contribution in [-0.2, 0) is 10.0 Å². The molecular formula is C19H24N2O4S. The van der Waals surface area contributed by atoms with Gasteiger partial charge in [0.15, 0.2) is 11.5 Å². The smallest absolute Gasteiger partial charge is 0.276 e. The van der Waals surface area contributed by atoms with E-state index >= 15 is 0 Å². The van der Waals surface area contributed by atoms with Gasteiger partial charge < -0.3 is 9.84 Å². The van der Waals surface area contributed by atoms with Gasteiger partial charge >= 0.3 is 0 Å². The minimum Gasteiger partial charge on any atom is -0.504 e. The summed E-state index contributed by atoms with van der Waals surface area (Å²) >= 11 is 0. The van der Waals surface area contributed by atoms with E-state index in [9.17, 15) is 13.5 Å². The number of sulfonamides is 1. The van der Waals surface area contributed by atoms with E-state index in [0.717, 1.165) is 12.0 Å². The van der Waals surface area contributed by atoms with Gasteiger partial charge in [0.05, 0.1) is 17.7 Å². The molecule has 2 aromatic rings. The number of benzene rings is 2. The third-order valence-corrected chi connectivity index (χ3v) is 5.53. The molecule has 0 radical (unpaired) electrons. The largest absolute Gasteiger partial charge is 0.504 e. The van der Waals surface area contributed by atoms with Crippen molar-refractivity contribution in [3.63, 3.8) is 0 Å². The molecule has 6 nitrogen and oxygen atoms in total. The number of phenolic OH excluding ortho intramolecular Hbond substituents is 1. The van der Waals surface area contributed by atoms with Gasteiger partial charge in [-0.3, -0.25) is 0 Å². The van der Waals surface area contributed by atoms with Crippen LogP contribution < -0.4 is 9.57 Å². The highest BCUT2D eigenvalue weighted by Gasteiger charge is 2.14. The molecule has 0 saturated heterocycles. The molecule has 0 fully saturated rings. The standard InChI is InChI=1S/C19H24N2O4S/c1-5-13(2)15-6-9-17(10-7-15)26(23,24)21-20-14(3)16-8-11-18(22)19(12-16)25-4/h6-13,21-22H,5H2,1-4H3/b20-14+. The first kappa shape index (κ1) is 19.8. The maximum atomic E-state index is 12.4. The summed E-state index contributed by atoms with van der Waals surface area (Å²) in [6.45, 7) is 5.86. The molecule has 7 heteroatoms. The number of hydrogen-bond donors (Lipinski definition) is 2. The average molecular weight is 376 g/mol. The highest BCUT2D eigenvalue weighted by atomic mass is 32.2. The quantitative estimate of drug-likeness (QED) is 0.571. The van der Waals surface area contributed by atoms with Crippen LogP contribution in [0.15, 0.2) is 52.5 Å². The summed E-state index contributed by atoms with van der Waals surface area (Å²) in [4.78, 5) is 2.40. The Labute approximate surface area is 154 Å². The van der Waals surface area contributed by atoms with Crippen LogP contribution in [0.5, 0.6) is 11.5 Å². The Kier molecular flexibility index (Phi) is 6.26. The van der Waals surface area contributed by atoms with E-state index in [0.29, 0.717) is 22.9 Å². The first-order chi connectivity index (χ1) is 12.3. The van der Waals surface area contributed by atoms with E-state index in [1.54, 1.807) is 31.2 Å². The van der Waals surface area contributed by atoms with E-state index in [1.165, 1.54) is 13.2 Å². The first-order valence-electron chi connectivity index (χ1n) is 8.32. The van der Waals surface area contributed by atoms with Crippen molar-refractivity contribution >= 4 is 15.7 Å². The number of ether oxygens (including phenoxy) is 1. The summed E-state index contributed by atoms with van der Waals surface area (Å²) in [7, 11) is -2.31. The zero-order valence-electron chi connectivity index (χ0n) is 15.4. The van der Waals surface area contributed by atoms with Crippen LogP contribution in [0.2, 0.25) is 0 Å². The topological polar surface area (TPSA) is 88.0 Å². The summed E-state index contributed by atoms with van der Waals surface area (Å²) in [6, 6.07) is 11.5. The second-order valence-corrected chi connectivity index (χ2v) is 7.72. The zero-order valence-corrected chi connectivity index (χ0v) is 16.2. The van der Waals surface area contributed by atoms with Crippen molar-refractivity contribution in [2.75, 3.05) is 7.11 Å². The second kappa shape index (κ2) is 8.23. The number of hydrogen-bond acceptors (Lipinski definition) is 5. The Bertz CT molecular complexity index is 890. The molecule has 0 heterocycles.